The predicted octanol–water partition coefficient (Wildman–Crippen LogP) is 2.13. The Bertz CT molecular complexity index is 586. The Kier molecular flexibility index (Phi) is 3.01. The Morgan fingerprint density at radius 1 is 1.38 bits per heavy atom. The van der Waals surface area contributed by atoms with Gasteiger partial charge in [0.1, 0.15) is 0 Å². The first-order valence-electron chi connectivity index (χ1n) is 6.21. The maximum atomic E-state index is 13.4. The first-order chi connectivity index (χ1) is 9.90. The lowest BCUT2D eigenvalue weighted by atomic mass is 9.94. The highest BCUT2D eigenvalue weighted by molar-refractivity contribution is 5.80. The zero-order valence-corrected chi connectivity index (χ0v) is 10.9. The van der Waals surface area contributed by atoms with Crippen molar-refractivity contribution in [1.82, 2.24) is 0 Å². The standard InChI is InChI=1S/C13H11F3O5/c1-2-18-11(17)10-12(21-10,13(14,15)16)7-3-4-8-9(5-7)20-6-19-8/h3-5,10H,2,6H2,1H3. The smallest absolute Gasteiger partial charge is 0.424 e. The SMILES string of the molecule is CCOC(=O)C1OC1(c1ccc2c(c1)OCO2)C(F)(F)F. The highest BCUT2D eigenvalue weighted by Gasteiger charge is 2.77. The lowest BCUT2D eigenvalue weighted by molar-refractivity contribution is -0.188. The fourth-order valence-electron chi connectivity index (χ4n) is 2.31. The van der Waals surface area contributed by atoms with Crippen LogP contribution in [0.5, 0.6) is 11.5 Å². The van der Waals surface area contributed by atoms with Gasteiger partial charge in [0, 0.05) is 5.56 Å². The van der Waals surface area contributed by atoms with Gasteiger partial charge < -0.3 is 18.9 Å². The van der Waals surface area contributed by atoms with Crippen LogP contribution in [0.2, 0.25) is 0 Å². The number of hydrogen-bond donors (Lipinski definition) is 0. The molecule has 0 saturated carbocycles. The average Bonchev–Trinajstić information content (AvgIpc) is 3.03. The zero-order valence-electron chi connectivity index (χ0n) is 10.9. The van der Waals surface area contributed by atoms with E-state index in [0.29, 0.717) is 5.75 Å². The molecular weight excluding hydrogens is 293 g/mol. The first-order valence-corrected chi connectivity index (χ1v) is 6.21. The summed E-state index contributed by atoms with van der Waals surface area (Å²) in [6.07, 6.45) is -6.45. The number of alkyl halides is 3. The Morgan fingerprint density at radius 3 is 2.76 bits per heavy atom. The van der Waals surface area contributed by atoms with E-state index in [0.717, 1.165) is 0 Å². The van der Waals surface area contributed by atoms with Crippen LogP contribution < -0.4 is 9.47 Å². The second-order valence-electron chi connectivity index (χ2n) is 4.55. The molecule has 5 nitrogen and oxygen atoms in total. The molecule has 1 aromatic carbocycles. The monoisotopic (exact) mass is 304 g/mol. The molecule has 0 bridgehead atoms. The second kappa shape index (κ2) is 4.52. The third-order valence-electron chi connectivity index (χ3n) is 3.34. The number of rotatable bonds is 3. The maximum absolute atomic E-state index is 13.4. The van der Waals surface area contributed by atoms with Crippen molar-refractivity contribution in [2.75, 3.05) is 13.4 Å². The largest absolute Gasteiger partial charge is 0.464 e. The van der Waals surface area contributed by atoms with Gasteiger partial charge in [-0.15, -0.1) is 0 Å². The second-order valence-corrected chi connectivity index (χ2v) is 4.55. The van der Waals surface area contributed by atoms with Crippen molar-refractivity contribution in [1.29, 1.82) is 0 Å². The van der Waals surface area contributed by atoms with Crippen LogP contribution in [0.1, 0.15) is 12.5 Å². The third kappa shape index (κ3) is 2.01. The molecule has 0 radical (unpaired) electrons. The molecule has 21 heavy (non-hydrogen) atoms. The van der Waals surface area contributed by atoms with Gasteiger partial charge in [-0.2, -0.15) is 13.2 Å². The molecule has 0 aliphatic carbocycles. The maximum Gasteiger partial charge on any atom is 0.424 e. The minimum absolute atomic E-state index is 0.0201. The molecule has 0 amide bonds. The van der Waals surface area contributed by atoms with Crippen LogP contribution in [0.15, 0.2) is 18.2 Å². The summed E-state index contributed by atoms with van der Waals surface area (Å²) < 4.78 is 59.6. The van der Waals surface area contributed by atoms with Crippen LogP contribution in [0.25, 0.3) is 0 Å². The molecule has 2 atom stereocenters. The van der Waals surface area contributed by atoms with Gasteiger partial charge in [-0.05, 0) is 19.1 Å². The summed E-state index contributed by atoms with van der Waals surface area (Å²) in [5.74, 6) is -0.494. The number of ether oxygens (including phenoxy) is 4. The van der Waals surface area contributed by atoms with E-state index in [4.69, 9.17) is 14.2 Å². The minimum atomic E-state index is -4.75. The summed E-state index contributed by atoms with van der Waals surface area (Å²) in [4.78, 5) is 11.6. The van der Waals surface area contributed by atoms with E-state index in [1.54, 1.807) is 0 Å². The van der Waals surface area contributed by atoms with E-state index in [9.17, 15) is 18.0 Å². The molecule has 0 N–H and O–H groups in total. The van der Waals surface area contributed by atoms with Crippen LogP contribution >= 0.6 is 0 Å². The van der Waals surface area contributed by atoms with Crippen molar-refractivity contribution in [3.8, 4) is 11.5 Å². The molecule has 2 unspecified atom stereocenters. The number of benzene rings is 1. The number of carbonyl (C=O) groups is 1. The topological polar surface area (TPSA) is 57.3 Å². The summed E-state index contributed by atoms with van der Waals surface area (Å²) in [6, 6.07) is 3.74. The van der Waals surface area contributed by atoms with E-state index < -0.39 is 23.9 Å². The van der Waals surface area contributed by atoms with Crippen LogP contribution in [0, 0.1) is 0 Å². The van der Waals surface area contributed by atoms with E-state index in [1.165, 1.54) is 25.1 Å². The highest BCUT2D eigenvalue weighted by Crippen LogP contribution is 2.58. The Balaban J connectivity index is 1.97. The van der Waals surface area contributed by atoms with E-state index in [2.05, 4.69) is 4.74 Å². The molecule has 0 aromatic heterocycles. The molecule has 8 heteroatoms. The van der Waals surface area contributed by atoms with Gasteiger partial charge >= 0.3 is 12.1 Å². The zero-order chi connectivity index (χ0) is 15.3. The normalized spacial score (nSPS) is 26.6. The molecular formula is C13H11F3O5. The average molecular weight is 304 g/mol. The number of esters is 1. The van der Waals surface area contributed by atoms with Crippen LogP contribution in [0.4, 0.5) is 13.2 Å². The fraction of sp³-hybridized carbons (Fsp3) is 0.462. The number of fused-ring (bicyclic) bond motifs is 1. The number of halogens is 3. The Hall–Kier alpha value is -1.96. The number of carbonyl (C=O) groups excluding carboxylic acids is 1. The lowest BCUT2D eigenvalue weighted by Crippen LogP contribution is -2.35. The minimum Gasteiger partial charge on any atom is -0.464 e. The first kappa shape index (κ1) is 14.0. The highest BCUT2D eigenvalue weighted by atomic mass is 19.4. The van der Waals surface area contributed by atoms with Crippen molar-refractivity contribution in [2.45, 2.75) is 24.8 Å². The quantitative estimate of drug-likeness (QED) is 0.632. The summed E-state index contributed by atoms with van der Waals surface area (Å²) in [7, 11) is 0. The Morgan fingerprint density at radius 2 is 2.10 bits per heavy atom. The van der Waals surface area contributed by atoms with Crippen molar-refractivity contribution in [3.63, 3.8) is 0 Å². The van der Waals surface area contributed by atoms with Crippen molar-refractivity contribution >= 4 is 5.97 Å². The molecule has 3 rings (SSSR count). The van der Waals surface area contributed by atoms with Crippen LogP contribution in [-0.2, 0) is 19.9 Å². The van der Waals surface area contributed by atoms with Crippen molar-refractivity contribution < 1.29 is 36.9 Å². The van der Waals surface area contributed by atoms with Crippen LogP contribution in [0.3, 0.4) is 0 Å². The van der Waals surface area contributed by atoms with Gasteiger partial charge in [-0.3, -0.25) is 0 Å². The molecule has 1 saturated heterocycles. The number of hydrogen-bond acceptors (Lipinski definition) is 5. The van der Waals surface area contributed by atoms with Gasteiger partial charge in [0.25, 0.3) is 0 Å². The summed E-state index contributed by atoms with van der Waals surface area (Å²) in [5.41, 5.74) is -2.89. The third-order valence-corrected chi connectivity index (χ3v) is 3.34. The molecule has 0 spiro atoms. The summed E-state index contributed by atoms with van der Waals surface area (Å²) >= 11 is 0. The molecule has 2 aliphatic rings. The molecule has 2 aliphatic heterocycles. The van der Waals surface area contributed by atoms with Crippen molar-refractivity contribution in [3.05, 3.63) is 23.8 Å². The van der Waals surface area contributed by atoms with Gasteiger partial charge in [0.15, 0.2) is 17.6 Å². The van der Waals surface area contributed by atoms with Gasteiger partial charge in [-0.25, -0.2) is 4.79 Å². The van der Waals surface area contributed by atoms with Crippen molar-refractivity contribution in [2.24, 2.45) is 0 Å². The Labute approximate surface area is 117 Å². The molecule has 1 fully saturated rings. The van der Waals surface area contributed by atoms with E-state index in [1.807, 2.05) is 0 Å². The molecule has 114 valence electrons. The van der Waals surface area contributed by atoms with E-state index in [-0.39, 0.29) is 24.7 Å². The summed E-state index contributed by atoms with van der Waals surface area (Å²) in [6.45, 7) is 1.43. The molecule has 1 aromatic rings. The van der Waals surface area contributed by atoms with Gasteiger partial charge in [0.05, 0.1) is 6.61 Å². The fourth-order valence-corrected chi connectivity index (χ4v) is 2.31. The molecule has 2 heterocycles. The van der Waals surface area contributed by atoms with Gasteiger partial charge in [0.2, 0.25) is 12.4 Å². The summed E-state index contributed by atoms with van der Waals surface area (Å²) in [5, 5.41) is 0. The van der Waals surface area contributed by atoms with E-state index >= 15 is 0 Å². The van der Waals surface area contributed by atoms with Gasteiger partial charge in [-0.1, -0.05) is 6.07 Å². The lowest BCUT2D eigenvalue weighted by Gasteiger charge is -2.17. The number of epoxide rings is 1. The van der Waals surface area contributed by atoms with Crippen LogP contribution in [-0.4, -0.2) is 31.6 Å². The predicted molar refractivity (Wildman–Crippen MR) is 61.8 cm³/mol.